The highest BCUT2D eigenvalue weighted by molar-refractivity contribution is 5.35. The van der Waals surface area contributed by atoms with Crippen molar-refractivity contribution in [2.45, 2.75) is 26.8 Å². The van der Waals surface area contributed by atoms with Crippen LogP contribution in [0.4, 0.5) is 5.82 Å². The molecule has 4 nitrogen and oxygen atoms in total. The molecule has 0 unspecified atom stereocenters. The van der Waals surface area contributed by atoms with Gasteiger partial charge in [-0.15, -0.1) is 0 Å². The van der Waals surface area contributed by atoms with Crippen molar-refractivity contribution in [2.24, 2.45) is 0 Å². The quantitative estimate of drug-likeness (QED) is 0.894. The van der Waals surface area contributed by atoms with Crippen molar-refractivity contribution in [3.05, 3.63) is 58.1 Å². The molecule has 0 bridgehead atoms. The number of pyridine rings is 2. The van der Waals surface area contributed by atoms with Crippen LogP contribution in [0, 0.1) is 6.92 Å². The van der Waals surface area contributed by atoms with Crippen LogP contribution in [0.2, 0.25) is 0 Å². The van der Waals surface area contributed by atoms with Crippen molar-refractivity contribution in [3.8, 4) is 0 Å². The van der Waals surface area contributed by atoms with E-state index in [4.69, 9.17) is 0 Å². The van der Waals surface area contributed by atoms with Gasteiger partial charge in [-0.05, 0) is 31.0 Å². The predicted octanol–water partition coefficient (Wildman–Crippen LogP) is 2.42. The first-order valence-corrected chi connectivity index (χ1v) is 6.56. The molecule has 0 aliphatic carbocycles. The molecule has 0 spiro atoms. The average molecular weight is 257 g/mol. The number of hydrogen-bond donors (Lipinski definition) is 1. The number of nitrogens with zero attached hydrogens (tertiary/aromatic N) is 2. The van der Waals surface area contributed by atoms with Gasteiger partial charge < -0.3 is 9.88 Å². The molecule has 100 valence electrons. The highest BCUT2D eigenvalue weighted by Gasteiger charge is 2.01. The minimum absolute atomic E-state index is 0.0215. The summed E-state index contributed by atoms with van der Waals surface area (Å²) in [5.41, 5.74) is 2.01. The van der Waals surface area contributed by atoms with E-state index in [9.17, 15) is 4.79 Å². The Balaban J connectivity index is 2.13. The maximum atomic E-state index is 11.8. The molecule has 2 aromatic rings. The van der Waals surface area contributed by atoms with Crippen LogP contribution in [0.25, 0.3) is 0 Å². The summed E-state index contributed by atoms with van der Waals surface area (Å²) in [4.78, 5) is 16.1. The summed E-state index contributed by atoms with van der Waals surface area (Å²) >= 11 is 0. The molecule has 0 aliphatic rings. The van der Waals surface area contributed by atoms with E-state index >= 15 is 0 Å². The molecule has 1 N–H and O–H groups in total. The van der Waals surface area contributed by atoms with Gasteiger partial charge in [0.05, 0.1) is 6.54 Å². The fourth-order valence-corrected chi connectivity index (χ4v) is 1.88. The normalized spacial score (nSPS) is 10.4. The third-order valence-corrected chi connectivity index (χ3v) is 2.99. The standard InChI is InChI=1S/C15H19N3O/c1-3-9-16-14-8-7-13(10-17-14)11-18-12(2)5-4-6-15(18)19/h4-8,10H,3,9,11H2,1-2H3,(H,16,17). The van der Waals surface area contributed by atoms with Crippen LogP contribution in [-0.2, 0) is 6.54 Å². The van der Waals surface area contributed by atoms with E-state index in [1.165, 1.54) is 0 Å². The molecule has 2 rings (SSSR count). The Labute approximate surface area is 113 Å². The Kier molecular flexibility index (Phi) is 4.34. The van der Waals surface area contributed by atoms with Gasteiger partial charge in [0.1, 0.15) is 5.82 Å². The van der Waals surface area contributed by atoms with Gasteiger partial charge in [-0.25, -0.2) is 4.98 Å². The fraction of sp³-hybridized carbons (Fsp3) is 0.333. The lowest BCUT2D eigenvalue weighted by Crippen LogP contribution is -2.21. The van der Waals surface area contributed by atoms with Crippen LogP contribution >= 0.6 is 0 Å². The summed E-state index contributed by atoms with van der Waals surface area (Å²) in [7, 11) is 0. The van der Waals surface area contributed by atoms with Gasteiger partial charge in [0.25, 0.3) is 5.56 Å². The zero-order valence-corrected chi connectivity index (χ0v) is 11.4. The smallest absolute Gasteiger partial charge is 0.251 e. The minimum atomic E-state index is 0.0215. The van der Waals surface area contributed by atoms with Gasteiger partial charge in [0.2, 0.25) is 0 Å². The highest BCUT2D eigenvalue weighted by Crippen LogP contribution is 2.07. The zero-order valence-electron chi connectivity index (χ0n) is 11.4. The molecule has 4 heteroatoms. The predicted molar refractivity (Wildman–Crippen MR) is 77.6 cm³/mol. The Morgan fingerprint density at radius 2 is 2.11 bits per heavy atom. The molecule has 0 saturated carbocycles. The maximum absolute atomic E-state index is 11.8. The van der Waals surface area contributed by atoms with Crippen molar-refractivity contribution in [3.63, 3.8) is 0 Å². The summed E-state index contributed by atoms with van der Waals surface area (Å²) in [6.07, 6.45) is 2.89. The fourth-order valence-electron chi connectivity index (χ4n) is 1.88. The molecular weight excluding hydrogens is 238 g/mol. The van der Waals surface area contributed by atoms with Crippen molar-refractivity contribution in [1.29, 1.82) is 0 Å². The highest BCUT2D eigenvalue weighted by atomic mass is 16.1. The molecule has 19 heavy (non-hydrogen) atoms. The molecule has 0 amide bonds. The monoisotopic (exact) mass is 257 g/mol. The second kappa shape index (κ2) is 6.18. The number of rotatable bonds is 5. The van der Waals surface area contributed by atoms with Crippen molar-refractivity contribution in [2.75, 3.05) is 11.9 Å². The SMILES string of the molecule is CCCNc1ccc(Cn2c(C)cccc2=O)cn1. The molecule has 2 aromatic heterocycles. The second-order valence-corrected chi connectivity index (χ2v) is 4.57. The minimum Gasteiger partial charge on any atom is -0.370 e. The summed E-state index contributed by atoms with van der Waals surface area (Å²) < 4.78 is 1.75. The Hall–Kier alpha value is -2.10. The van der Waals surface area contributed by atoms with Crippen LogP contribution in [0.15, 0.2) is 41.3 Å². The third-order valence-electron chi connectivity index (χ3n) is 2.99. The third kappa shape index (κ3) is 3.44. The van der Waals surface area contributed by atoms with Crippen LogP contribution in [0.5, 0.6) is 0 Å². The summed E-state index contributed by atoms with van der Waals surface area (Å²) in [5, 5.41) is 3.23. The molecule has 0 fully saturated rings. The average Bonchev–Trinajstić information content (AvgIpc) is 2.42. The van der Waals surface area contributed by atoms with Crippen molar-refractivity contribution >= 4 is 5.82 Å². The van der Waals surface area contributed by atoms with E-state index in [1.807, 2.05) is 31.3 Å². The Bertz CT molecular complexity index is 587. The summed E-state index contributed by atoms with van der Waals surface area (Å²) in [6.45, 7) is 5.54. The van der Waals surface area contributed by atoms with Crippen molar-refractivity contribution < 1.29 is 0 Å². The lowest BCUT2D eigenvalue weighted by atomic mass is 10.2. The Morgan fingerprint density at radius 1 is 1.26 bits per heavy atom. The number of anilines is 1. The van der Waals surface area contributed by atoms with E-state index in [2.05, 4.69) is 17.2 Å². The molecule has 0 radical (unpaired) electrons. The van der Waals surface area contributed by atoms with Gasteiger partial charge >= 0.3 is 0 Å². The van der Waals surface area contributed by atoms with Crippen LogP contribution in [0.1, 0.15) is 24.6 Å². The van der Waals surface area contributed by atoms with E-state index < -0.39 is 0 Å². The summed E-state index contributed by atoms with van der Waals surface area (Å²) in [5.74, 6) is 0.878. The van der Waals surface area contributed by atoms with Gasteiger partial charge in [0, 0.05) is 24.5 Å². The van der Waals surface area contributed by atoms with Crippen molar-refractivity contribution in [1.82, 2.24) is 9.55 Å². The first-order chi connectivity index (χ1) is 9.20. The topological polar surface area (TPSA) is 46.9 Å². The molecule has 0 saturated heterocycles. The van der Waals surface area contributed by atoms with Gasteiger partial charge in [0.15, 0.2) is 0 Å². The Morgan fingerprint density at radius 3 is 2.74 bits per heavy atom. The second-order valence-electron chi connectivity index (χ2n) is 4.57. The number of aryl methyl sites for hydroxylation is 1. The number of aromatic nitrogens is 2. The maximum Gasteiger partial charge on any atom is 0.251 e. The van der Waals surface area contributed by atoms with Crippen LogP contribution in [-0.4, -0.2) is 16.1 Å². The number of hydrogen-bond acceptors (Lipinski definition) is 3. The number of nitrogens with one attached hydrogen (secondary N) is 1. The van der Waals surface area contributed by atoms with E-state index in [0.29, 0.717) is 6.54 Å². The van der Waals surface area contributed by atoms with Gasteiger partial charge in [-0.1, -0.05) is 19.1 Å². The molecular formula is C15H19N3O. The first kappa shape index (κ1) is 13.3. The lowest BCUT2D eigenvalue weighted by Gasteiger charge is -2.10. The molecule has 0 aliphatic heterocycles. The molecule has 0 aromatic carbocycles. The molecule has 2 heterocycles. The zero-order chi connectivity index (χ0) is 13.7. The van der Waals surface area contributed by atoms with E-state index in [-0.39, 0.29) is 5.56 Å². The van der Waals surface area contributed by atoms with Gasteiger partial charge in [-0.2, -0.15) is 0 Å². The largest absolute Gasteiger partial charge is 0.370 e. The van der Waals surface area contributed by atoms with Crippen LogP contribution < -0.4 is 10.9 Å². The first-order valence-electron chi connectivity index (χ1n) is 6.56. The van der Waals surface area contributed by atoms with E-state index in [1.54, 1.807) is 16.7 Å². The summed E-state index contributed by atoms with van der Waals surface area (Å²) in [6, 6.07) is 9.26. The molecule has 0 atom stereocenters. The van der Waals surface area contributed by atoms with E-state index in [0.717, 1.165) is 30.0 Å². The van der Waals surface area contributed by atoms with Crippen LogP contribution in [0.3, 0.4) is 0 Å². The lowest BCUT2D eigenvalue weighted by molar-refractivity contribution is 0.727. The van der Waals surface area contributed by atoms with Gasteiger partial charge in [-0.3, -0.25) is 4.79 Å².